The zero-order valence-corrected chi connectivity index (χ0v) is 30.2. The van der Waals surface area contributed by atoms with E-state index in [4.69, 9.17) is 22.6 Å². The number of hydrogen-bond donors (Lipinski definition) is 0. The molecule has 0 amide bonds. The molecular formula is C37H47IN4O4. The number of carbonyl (C=O) groups excluding carboxylic acids is 1. The molecule has 1 saturated heterocycles. The first kappa shape index (κ1) is 32.9. The summed E-state index contributed by atoms with van der Waals surface area (Å²) in [7, 11) is 1.45. The van der Waals surface area contributed by atoms with Gasteiger partial charge in [0.25, 0.3) is 0 Å². The topological polar surface area (TPSA) is 78.2 Å². The number of anilines is 1. The van der Waals surface area contributed by atoms with Gasteiger partial charge in [-0.15, -0.1) is 0 Å². The Morgan fingerprint density at radius 2 is 1.76 bits per heavy atom. The molecule has 8 nitrogen and oxygen atoms in total. The van der Waals surface area contributed by atoms with Gasteiger partial charge in [-0.3, -0.25) is 0 Å². The number of hydrogen-bond acceptors (Lipinski definition) is 7. The number of aromatic nitrogens is 3. The first-order valence-electron chi connectivity index (χ1n) is 16.4. The van der Waals surface area contributed by atoms with Crippen molar-refractivity contribution < 1.29 is 17.3 Å². The van der Waals surface area contributed by atoms with Crippen LogP contribution in [0.1, 0.15) is 71.1 Å². The van der Waals surface area contributed by atoms with Crippen molar-refractivity contribution >= 4 is 35.7 Å². The van der Waals surface area contributed by atoms with Crippen molar-refractivity contribution in [2.75, 3.05) is 38.3 Å². The van der Waals surface area contributed by atoms with E-state index in [1.807, 2.05) is 32.2 Å². The van der Waals surface area contributed by atoms with Gasteiger partial charge >= 0.3 is 282 Å². The molecule has 2 aromatic carbocycles. The number of rotatable bonds is 3. The van der Waals surface area contributed by atoms with Gasteiger partial charge in [-0.25, -0.2) is 0 Å². The zero-order chi connectivity index (χ0) is 32.5. The van der Waals surface area contributed by atoms with Crippen LogP contribution in [0.4, 0.5) is 10.6 Å². The predicted octanol–water partition coefficient (Wildman–Crippen LogP) is 8.89. The summed E-state index contributed by atoms with van der Waals surface area (Å²) >= 11 is -3.03. The average Bonchev–Trinajstić information content (AvgIpc) is 3.46. The van der Waals surface area contributed by atoms with Crippen LogP contribution < -0.4 is 4.90 Å². The van der Waals surface area contributed by atoms with Crippen LogP contribution in [-0.4, -0.2) is 57.6 Å². The van der Waals surface area contributed by atoms with E-state index < -0.39 is 25.8 Å². The number of fused-ring (bicyclic) bond motifs is 8. The molecular weight excluding hydrogens is 691 g/mol. The molecule has 0 radical (unpaired) electrons. The molecule has 0 atom stereocenters. The van der Waals surface area contributed by atoms with Gasteiger partial charge in [-0.05, 0) is 0 Å². The fourth-order valence-corrected chi connectivity index (χ4v) is 10.8. The van der Waals surface area contributed by atoms with Gasteiger partial charge in [-0.2, -0.15) is 0 Å². The molecule has 0 aliphatic carbocycles. The molecule has 2 aromatic heterocycles. The molecule has 3 aliphatic rings. The van der Waals surface area contributed by atoms with Crippen molar-refractivity contribution in [3.8, 4) is 22.4 Å². The first-order chi connectivity index (χ1) is 22.0. The number of halogens is 1. The van der Waals surface area contributed by atoms with Gasteiger partial charge in [0.1, 0.15) is 0 Å². The number of piperidine rings is 1. The number of nitrogens with zero attached hydrogens (tertiary/aromatic N) is 4. The SMILES string of the molecule is COC(=O)I(OC(C)(C)C)c1c(C)nc2cc3nn2c1N1CCC(C)(CC1)COCCCCCc1ccccc1-c1cccc-3c1. The Balaban J connectivity index is 1.53. The van der Waals surface area contributed by atoms with Crippen LogP contribution in [0.5, 0.6) is 0 Å². The van der Waals surface area contributed by atoms with Gasteiger partial charge in [-0.1, -0.05) is 0 Å². The van der Waals surface area contributed by atoms with Gasteiger partial charge in [0.2, 0.25) is 0 Å². The minimum absolute atomic E-state index is 0.0932. The predicted molar refractivity (Wildman–Crippen MR) is 192 cm³/mol. The molecule has 0 saturated carbocycles. The monoisotopic (exact) mass is 738 g/mol. The number of benzene rings is 2. The summed E-state index contributed by atoms with van der Waals surface area (Å²) in [6.07, 6.45) is 6.37. The molecule has 0 spiro atoms. The molecule has 5 heterocycles. The average molecular weight is 739 g/mol. The fraction of sp³-hybridized carbons (Fsp3) is 0.486. The van der Waals surface area contributed by atoms with Gasteiger partial charge < -0.3 is 0 Å². The standard InChI is InChI=1S/C37H47IN4O4/c1-26-33(38(35(43)44-6)46-36(2,3)4)34-41-20-18-37(5,19-21-41)25-45-22-11-7-8-13-27-14-9-10-17-30(27)28-15-12-16-29(23-28)31-24-32(39-26)42(34)40-31/h9-10,12,14-17,23-24H,7-8,11,13,18-22,25H2,1-6H3. The summed E-state index contributed by atoms with van der Waals surface area (Å²) in [5.41, 5.74) is 6.83. The number of ether oxygens (including phenoxy) is 2. The summed E-state index contributed by atoms with van der Waals surface area (Å²) in [5.74, 6) is 0.910. The summed E-state index contributed by atoms with van der Waals surface area (Å²) in [5, 5.41) is 5.22. The molecule has 9 heteroatoms. The zero-order valence-electron chi connectivity index (χ0n) is 28.1. The van der Waals surface area contributed by atoms with Crippen molar-refractivity contribution in [2.45, 2.75) is 78.7 Å². The van der Waals surface area contributed by atoms with E-state index in [2.05, 4.69) is 66.4 Å². The summed E-state index contributed by atoms with van der Waals surface area (Å²) in [4.78, 5) is 20.9. The Hall–Kier alpha value is -3.02. The molecule has 0 unspecified atom stereocenters. The Morgan fingerprint density at radius 1 is 1.00 bits per heavy atom. The van der Waals surface area contributed by atoms with E-state index in [1.165, 1.54) is 23.8 Å². The van der Waals surface area contributed by atoms with Crippen LogP contribution in [0.15, 0.2) is 54.6 Å². The molecule has 46 heavy (non-hydrogen) atoms. The second kappa shape index (κ2) is 13.6. The normalized spacial score (nSPS) is 17.5. The van der Waals surface area contributed by atoms with Crippen molar-refractivity contribution in [3.63, 3.8) is 0 Å². The van der Waals surface area contributed by atoms with Crippen LogP contribution in [0.3, 0.4) is 0 Å². The maximum absolute atomic E-state index is 13.4. The molecule has 246 valence electrons. The fourth-order valence-electron chi connectivity index (χ4n) is 6.43. The molecule has 0 N–H and O–H groups in total. The second-order valence-corrected chi connectivity index (χ2v) is 17.7. The van der Waals surface area contributed by atoms with E-state index in [0.717, 1.165) is 96.8 Å². The van der Waals surface area contributed by atoms with E-state index in [0.29, 0.717) is 0 Å². The van der Waals surface area contributed by atoms with Crippen LogP contribution in [-0.2, 0) is 19.0 Å². The second-order valence-electron chi connectivity index (χ2n) is 13.9. The molecule has 7 rings (SSSR count). The minimum atomic E-state index is -3.03. The Morgan fingerprint density at radius 3 is 2.52 bits per heavy atom. The Bertz CT molecular complexity index is 1700. The van der Waals surface area contributed by atoms with Crippen LogP contribution in [0.2, 0.25) is 0 Å². The van der Waals surface area contributed by atoms with Crippen molar-refractivity contribution in [2.24, 2.45) is 5.41 Å². The number of aryl methyl sites for hydroxylation is 2. The van der Waals surface area contributed by atoms with E-state index in [1.54, 1.807) is 0 Å². The van der Waals surface area contributed by atoms with Crippen molar-refractivity contribution in [3.05, 3.63) is 69.4 Å². The van der Waals surface area contributed by atoms with Gasteiger partial charge in [0.05, 0.1) is 0 Å². The number of carbonyl (C=O) groups is 1. The summed E-state index contributed by atoms with van der Waals surface area (Å²) in [6.45, 7) is 13.5. The first-order valence-corrected chi connectivity index (χ1v) is 19.5. The number of methoxy groups -OCH3 is 1. The summed E-state index contributed by atoms with van der Waals surface area (Å²) < 4.78 is 20.8. The van der Waals surface area contributed by atoms with E-state index in [-0.39, 0.29) is 9.39 Å². The maximum atomic E-state index is 13.4. The molecule has 3 aliphatic heterocycles. The molecule has 4 aromatic rings. The molecule has 6 bridgehead atoms. The third-order valence-corrected chi connectivity index (χ3v) is 14.2. The Kier molecular flexibility index (Phi) is 9.73. The molecule has 1 fully saturated rings. The van der Waals surface area contributed by atoms with Crippen LogP contribution in [0, 0.1) is 15.9 Å². The van der Waals surface area contributed by atoms with Gasteiger partial charge in [0, 0.05) is 0 Å². The van der Waals surface area contributed by atoms with Crippen LogP contribution >= 0.6 is 20.2 Å². The third-order valence-electron chi connectivity index (χ3n) is 8.91. The van der Waals surface area contributed by atoms with Crippen molar-refractivity contribution in [1.82, 2.24) is 14.6 Å². The van der Waals surface area contributed by atoms with Gasteiger partial charge in [0.15, 0.2) is 0 Å². The quantitative estimate of drug-likeness (QED) is 0.154. The van der Waals surface area contributed by atoms with Crippen molar-refractivity contribution in [1.29, 1.82) is 0 Å². The third kappa shape index (κ3) is 7.11. The van der Waals surface area contributed by atoms with E-state index >= 15 is 0 Å². The Labute approximate surface area is 280 Å². The van der Waals surface area contributed by atoms with E-state index in [9.17, 15) is 4.79 Å². The summed E-state index contributed by atoms with van der Waals surface area (Å²) in [6, 6.07) is 19.5. The van der Waals surface area contributed by atoms with Crippen LogP contribution in [0.25, 0.3) is 28.0 Å².